The molecular weight excluding hydrogens is 249 g/mol. The maximum Gasteiger partial charge on any atom is 0.333 e. The molecule has 0 saturated heterocycles. The van der Waals surface area contributed by atoms with Crippen LogP contribution >= 0.6 is 0 Å². The molecule has 1 rings (SSSR count). The van der Waals surface area contributed by atoms with E-state index in [1.807, 2.05) is 0 Å². The van der Waals surface area contributed by atoms with Gasteiger partial charge in [-0.2, -0.15) is 0 Å². The number of benzene rings is 1. The van der Waals surface area contributed by atoms with Crippen LogP contribution < -0.4 is 5.32 Å². The van der Waals surface area contributed by atoms with E-state index >= 15 is 0 Å². The number of anilines is 1. The van der Waals surface area contributed by atoms with Crippen molar-refractivity contribution in [3.63, 3.8) is 0 Å². The van der Waals surface area contributed by atoms with E-state index in [-0.39, 0.29) is 19.0 Å². The van der Waals surface area contributed by atoms with Gasteiger partial charge in [0.25, 0.3) is 0 Å². The zero-order valence-electron chi connectivity index (χ0n) is 11.7. The number of nitrogens with one attached hydrogen (secondary N) is 1. The van der Waals surface area contributed by atoms with Gasteiger partial charge in [0.05, 0.1) is 13.2 Å². The fourth-order valence-corrected chi connectivity index (χ4v) is 1.85. The lowest BCUT2D eigenvalue weighted by atomic mass is 10.0. The number of ether oxygens (including phenoxy) is 2. The molecule has 1 aromatic carbocycles. The van der Waals surface area contributed by atoms with Crippen LogP contribution in [0, 0.1) is 12.7 Å². The standard InChI is InChI=1S/C14H20FNO3/c1-5-19-13(17)14(3,9-18-4)16-12-7-10(2)6-11(15)8-12/h6-8,16H,5,9H2,1-4H3. The third-order valence-corrected chi connectivity index (χ3v) is 2.62. The van der Waals surface area contributed by atoms with Crippen LogP contribution in [0.2, 0.25) is 0 Å². The average Bonchev–Trinajstić information content (AvgIpc) is 2.27. The minimum atomic E-state index is -1.05. The second-order valence-corrected chi connectivity index (χ2v) is 4.63. The number of rotatable bonds is 6. The van der Waals surface area contributed by atoms with Crippen LogP contribution in [-0.4, -0.2) is 31.8 Å². The molecule has 4 nitrogen and oxygen atoms in total. The van der Waals surface area contributed by atoms with Gasteiger partial charge >= 0.3 is 5.97 Å². The van der Waals surface area contributed by atoms with E-state index in [9.17, 15) is 9.18 Å². The van der Waals surface area contributed by atoms with Crippen LogP contribution in [0.1, 0.15) is 19.4 Å². The Morgan fingerprint density at radius 2 is 2.11 bits per heavy atom. The van der Waals surface area contributed by atoms with Crippen molar-refractivity contribution in [2.75, 3.05) is 25.6 Å². The summed E-state index contributed by atoms with van der Waals surface area (Å²) >= 11 is 0. The van der Waals surface area contributed by atoms with Crippen molar-refractivity contribution in [2.45, 2.75) is 26.3 Å². The van der Waals surface area contributed by atoms with Gasteiger partial charge in [-0.25, -0.2) is 9.18 Å². The van der Waals surface area contributed by atoms with Crippen molar-refractivity contribution >= 4 is 11.7 Å². The number of carbonyl (C=O) groups excluding carboxylic acids is 1. The largest absolute Gasteiger partial charge is 0.464 e. The lowest BCUT2D eigenvalue weighted by molar-refractivity contribution is -0.149. The van der Waals surface area contributed by atoms with Crippen LogP contribution in [-0.2, 0) is 14.3 Å². The zero-order valence-corrected chi connectivity index (χ0v) is 11.7. The van der Waals surface area contributed by atoms with Crippen molar-refractivity contribution in [1.82, 2.24) is 0 Å². The Balaban J connectivity index is 2.97. The molecule has 0 spiro atoms. The summed E-state index contributed by atoms with van der Waals surface area (Å²) in [7, 11) is 1.50. The second kappa shape index (κ2) is 6.52. The molecule has 0 saturated carbocycles. The van der Waals surface area contributed by atoms with Gasteiger partial charge in [0.15, 0.2) is 5.54 Å². The Bertz CT molecular complexity index is 430. The van der Waals surface area contributed by atoms with Crippen molar-refractivity contribution in [1.29, 1.82) is 0 Å². The highest BCUT2D eigenvalue weighted by Crippen LogP contribution is 2.20. The first-order chi connectivity index (χ1) is 8.91. The molecule has 106 valence electrons. The van der Waals surface area contributed by atoms with Gasteiger partial charge in [-0.1, -0.05) is 0 Å². The topological polar surface area (TPSA) is 47.6 Å². The predicted molar refractivity (Wildman–Crippen MR) is 71.7 cm³/mol. The molecule has 0 radical (unpaired) electrons. The number of hydrogen-bond donors (Lipinski definition) is 1. The summed E-state index contributed by atoms with van der Waals surface area (Å²) in [6.45, 7) is 5.59. The maximum atomic E-state index is 13.4. The molecule has 0 fully saturated rings. The summed E-state index contributed by atoms with van der Waals surface area (Å²) in [4.78, 5) is 12.0. The molecule has 0 heterocycles. The summed E-state index contributed by atoms with van der Waals surface area (Å²) < 4.78 is 23.4. The first-order valence-corrected chi connectivity index (χ1v) is 6.13. The van der Waals surface area contributed by atoms with Crippen LogP contribution in [0.15, 0.2) is 18.2 Å². The van der Waals surface area contributed by atoms with Crippen LogP contribution in [0.5, 0.6) is 0 Å². The van der Waals surface area contributed by atoms with Gasteiger partial charge in [0, 0.05) is 12.8 Å². The molecular formula is C14H20FNO3. The normalized spacial score (nSPS) is 13.7. The third-order valence-electron chi connectivity index (χ3n) is 2.62. The highest BCUT2D eigenvalue weighted by molar-refractivity contribution is 5.84. The van der Waals surface area contributed by atoms with Gasteiger partial charge in [0.1, 0.15) is 5.82 Å². The number of esters is 1. The highest BCUT2D eigenvalue weighted by Gasteiger charge is 2.35. The fraction of sp³-hybridized carbons (Fsp3) is 0.500. The number of hydrogen-bond acceptors (Lipinski definition) is 4. The Hall–Kier alpha value is -1.62. The average molecular weight is 269 g/mol. The molecule has 0 aliphatic rings. The lowest BCUT2D eigenvalue weighted by Gasteiger charge is -2.28. The first-order valence-electron chi connectivity index (χ1n) is 6.13. The molecule has 0 aliphatic carbocycles. The van der Waals surface area contributed by atoms with Crippen molar-refractivity contribution in [2.24, 2.45) is 0 Å². The third kappa shape index (κ3) is 4.21. The minimum Gasteiger partial charge on any atom is -0.464 e. The van der Waals surface area contributed by atoms with E-state index in [4.69, 9.17) is 9.47 Å². The van der Waals surface area contributed by atoms with Crippen LogP contribution in [0.4, 0.5) is 10.1 Å². The molecule has 5 heteroatoms. The van der Waals surface area contributed by atoms with Gasteiger partial charge in [-0.3, -0.25) is 0 Å². The van der Waals surface area contributed by atoms with Gasteiger partial charge in [0.2, 0.25) is 0 Å². The Morgan fingerprint density at radius 1 is 1.42 bits per heavy atom. The van der Waals surface area contributed by atoms with Crippen LogP contribution in [0.3, 0.4) is 0 Å². The van der Waals surface area contributed by atoms with E-state index < -0.39 is 11.5 Å². The Labute approximate surface area is 112 Å². The SMILES string of the molecule is CCOC(=O)C(C)(COC)Nc1cc(C)cc(F)c1. The number of halogens is 1. The van der Waals surface area contributed by atoms with E-state index in [1.54, 1.807) is 26.8 Å². The van der Waals surface area contributed by atoms with E-state index in [2.05, 4.69) is 5.32 Å². The van der Waals surface area contributed by atoms with E-state index in [0.717, 1.165) is 5.56 Å². The number of aryl methyl sites for hydroxylation is 1. The molecule has 1 atom stereocenters. The fourth-order valence-electron chi connectivity index (χ4n) is 1.85. The van der Waals surface area contributed by atoms with Gasteiger partial charge < -0.3 is 14.8 Å². The Morgan fingerprint density at radius 3 is 2.63 bits per heavy atom. The molecule has 1 aromatic rings. The smallest absolute Gasteiger partial charge is 0.333 e. The second-order valence-electron chi connectivity index (χ2n) is 4.63. The predicted octanol–water partition coefficient (Wildman–Crippen LogP) is 2.51. The number of methoxy groups -OCH3 is 1. The summed E-state index contributed by atoms with van der Waals surface area (Å²) in [5.74, 6) is -0.787. The molecule has 0 aliphatic heterocycles. The van der Waals surface area contributed by atoms with Crippen molar-refractivity contribution in [3.8, 4) is 0 Å². The van der Waals surface area contributed by atoms with E-state index in [1.165, 1.54) is 19.2 Å². The lowest BCUT2D eigenvalue weighted by Crippen LogP contribution is -2.48. The Kier molecular flexibility index (Phi) is 5.30. The molecule has 0 bridgehead atoms. The number of carbonyl (C=O) groups is 1. The summed E-state index contributed by atoms with van der Waals surface area (Å²) in [6.07, 6.45) is 0. The van der Waals surface area contributed by atoms with Gasteiger partial charge in [-0.05, 0) is 44.5 Å². The van der Waals surface area contributed by atoms with Crippen molar-refractivity contribution in [3.05, 3.63) is 29.6 Å². The summed E-state index contributed by atoms with van der Waals surface area (Å²) in [5, 5.41) is 2.98. The summed E-state index contributed by atoms with van der Waals surface area (Å²) in [5.41, 5.74) is 0.238. The monoisotopic (exact) mass is 269 g/mol. The van der Waals surface area contributed by atoms with Gasteiger partial charge in [-0.15, -0.1) is 0 Å². The highest BCUT2D eigenvalue weighted by atomic mass is 19.1. The minimum absolute atomic E-state index is 0.126. The molecule has 0 aromatic heterocycles. The maximum absolute atomic E-state index is 13.4. The molecule has 0 amide bonds. The first kappa shape index (κ1) is 15.4. The molecule has 1 N–H and O–H groups in total. The molecule has 19 heavy (non-hydrogen) atoms. The van der Waals surface area contributed by atoms with Crippen LogP contribution in [0.25, 0.3) is 0 Å². The molecule has 1 unspecified atom stereocenters. The summed E-state index contributed by atoms with van der Waals surface area (Å²) in [6, 6.07) is 4.51. The van der Waals surface area contributed by atoms with Crippen molar-refractivity contribution < 1.29 is 18.7 Å². The van der Waals surface area contributed by atoms with E-state index in [0.29, 0.717) is 5.69 Å². The zero-order chi connectivity index (χ0) is 14.5. The quantitative estimate of drug-likeness (QED) is 0.806.